The average molecular weight is 336 g/mol. The van der Waals surface area contributed by atoms with E-state index in [1.807, 2.05) is 42.5 Å². The van der Waals surface area contributed by atoms with Crippen molar-refractivity contribution in [1.82, 2.24) is 0 Å². The topological polar surface area (TPSA) is 37.3 Å². The molecule has 2 nitrogen and oxygen atoms in total. The lowest BCUT2D eigenvalue weighted by atomic mass is 9.67. The van der Waals surface area contributed by atoms with E-state index in [0.717, 1.165) is 29.5 Å². The Morgan fingerprint density at radius 1 is 0.920 bits per heavy atom. The highest BCUT2D eigenvalue weighted by atomic mass is 16.3. The Balaban J connectivity index is 1.82. The van der Waals surface area contributed by atoms with E-state index in [1.165, 1.54) is 0 Å². The Labute approximate surface area is 150 Å². The first-order valence-corrected chi connectivity index (χ1v) is 9.36. The highest BCUT2D eigenvalue weighted by Gasteiger charge is 2.41. The molecule has 0 heterocycles. The van der Waals surface area contributed by atoms with Gasteiger partial charge in [0.15, 0.2) is 0 Å². The van der Waals surface area contributed by atoms with Gasteiger partial charge in [0, 0.05) is 5.92 Å². The van der Waals surface area contributed by atoms with E-state index in [4.69, 9.17) is 0 Å². The summed E-state index contributed by atoms with van der Waals surface area (Å²) in [5.74, 6) is 0.609. The van der Waals surface area contributed by atoms with Gasteiger partial charge in [0.1, 0.15) is 5.78 Å². The largest absolute Gasteiger partial charge is 0.388 e. The number of hydrogen-bond acceptors (Lipinski definition) is 2. The lowest BCUT2D eigenvalue weighted by Gasteiger charge is -2.37. The molecule has 0 spiro atoms. The van der Waals surface area contributed by atoms with Crippen LogP contribution in [0.3, 0.4) is 0 Å². The summed E-state index contributed by atoms with van der Waals surface area (Å²) in [4.78, 5) is 12.9. The second-order valence-corrected chi connectivity index (χ2v) is 7.77. The maximum absolute atomic E-state index is 12.9. The minimum absolute atomic E-state index is 0.0828. The number of Topliss-reactive ketones (excluding diaryl/α,β-unsaturated/α-hetero) is 1. The second-order valence-electron chi connectivity index (χ2n) is 7.77. The third-order valence-electron chi connectivity index (χ3n) is 5.74. The zero-order valence-electron chi connectivity index (χ0n) is 15.4. The third kappa shape index (κ3) is 3.69. The van der Waals surface area contributed by atoms with Crippen LogP contribution in [0.15, 0.2) is 54.6 Å². The summed E-state index contributed by atoms with van der Waals surface area (Å²) in [6, 6.07) is 18.2. The number of aliphatic hydroxyl groups excluding tert-OH is 1. The van der Waals surface area contributed by atoms with Gasteiger partial charge in [0.25, 0.3) is 0 Å². The maximum atomic E-state index is 12.9. The molecule has 0 aromatic heterocycles. The summed E-state index contributed by atoms with van der Waals surface area (Å²) < 4.78 is 0. The van der Waals surface area contributed by atoms with E-state index in [2.05, 4.69) is 32.9 Å². The molecule has 2 aromatic rings. The SMILES string of the molecule is CC(C)[C@@H]1CC[C@H](C)[C@@H]([C@@H](O)c2ccc(-c3ccccc3)cc2)C1=O. The van der Waals surface area contributed by atoms with Crippen LogP contribution in [0.2, 0.25) is 0 Å². The summed E-state index contributed by atoms with van der Waals surface area (Å²) >= 11 is 0. The van der Waals surface area contributed by atoms with Gasteiger partial charge in [-0.2, -0.15) is 0 Å². The molecule has 3 rings (SSSR count). The van der Waals surface area contributed by atoms with E-state index < -0.39 is 6.10 Å². The van der Waals surface area contributed by atoms with Gasteiger partial charge in [-0.1, -0.05) is 75.4 Å². The van der Waals surface area contributed by atoms with Crippen molar-refractivity contribution in [3.8, 4) is 11.1 Å². The molecule has 1 N–H and O–H groups in total. The molecular formula is C23H28O2. The lowest BCUT2D eigenvalue weighted by molar-refractivity contribution is -0.138. The van der Waals surface area contributed by atoms with Crippen molar-refractivity contribution in [2.75, 3.05) is 0 Å². The molecule has 0 saturated heterocycles. The monoisotopic (exact) mass is 336 g/mol. The number of carbonyl (C=O) groups excluding carboxylic acids is 1. The number of aliphatic hydroxyl groups is 1. The minimum Gasteiger partial charge on any atom is -0.388 e. The highest BCUT2D eigenvalue weighted by molar-refractivity contribution is 5.85. The first-order chi connectivity index (χ1) is 12.0. The molecule has 0 radical (unpaired) electrons. The zero-order chi connectivity index (χ0) is 18.0. The van der Waals surface area contributed by atoms with Crippen LogP contribution in [0.25, 0.3) is 11.1 Å². The minimum atomic E-state index is -0.714. The summed E-state index contributed by atoms with van der Waals surface area (Å²) in [5, 5.41) is 10.9. The van der Waals surface area contributed by atoms with Gasteiger partial charge in [-0.3, -0.25) is 4.79 Å². The van der Waals surface area contributed by atoms with E-state index in [-0.39, 0.29) is 23.5 Å². The first-order valence-electron chi connectivity index (χ1n) is 9.36. The summed E-state index contributed by atoms with van der Waals surface area (Å²) in [5.41, 5.74) is 3.12. The average Bonchev–Trinajstić information content (AvgIpc) is 2.62. The van der Waals surface area contributed by atoms with E-state index >= 15 is 0 Å². The molecule has 2 aromatic carbocycles. The number of ketones is 1. The molecule has 0 bridgehead atoms. The molecule has 4 atom stereocenters. The Morgan fingerprint density at radius 3 is 2.12 bits per heavy atom. The molecule has 0 unspecified atom stereocenters. The van der Waals surface area contributed by atoms with Crippen LogP contribution in [0.1, 0.15) is 45.3 Å². The zero-order valence-corrected chi connectivity index (χ0v) is 15.4. The van der Waals surface area contributed by atoms with Gasteiger partial charge >= 0.3 is 0 Å². The van der Waals surface area contributed by atoms with Crippen molar-refractivity contribution in [3.05, 3.63) is 60.2 Å². The van der Waals surface area contributed by atoms with Crippen molar-refractivity contribution < 1.29 is 9.90 Å². The molecule has 0 amide bonds. The standard InChI is InChI=1S/C23H28O2/c1-15(2)20-14-9-16(3)21(23(20)25)22(24)19-12-10-18(11-13-19)17-7-5-4-6-8-17/h4-8,10-13,15-16,20-22,24H,9,14H2,1-3H3/t16-,20-,21-,22-/m0/s1. The second kappa shape index (κ2) is 7.53. The normalized spacial score (nSPS) is 25.2. The summed E-state index contributed by atoms with van der Waals surface area (Å²) in [7, 11) is 0. The van der Waals surface area contributed by atoms with Crippen molar-refractivity contribution in [2.24, 2.45) is 23.7 Å². The van der Waals surface area contributed by atoms with Crippen LogP contribution < -0.4 is 0 Å². The van der Waals surface area contributed by atoms with E-state index in [1.54, 1.807) is 0 Å². The van der Waals surface area contributed by atoms with Gasteiger partial charge in [0.2, 0.25) is 0 Å². The quantitative estimate of drug-likeness (QED) is 0.825. The lowest BCUT2D eigenvalue weighted by Crippen LogP contribution is -2.39. The molecular weight excluding hydrogens is 308 g/mol. The van der Waals surface area contributed by atoms with Gasteiger partial charge in [-0.25, -0.2) is 0 Å². The molecule has 1 fully saturated rings. The molecule has 1 aliphatic rings. The van der Waals surface area contributed by atoms with Gasteiger partial charge < -0.3 is 5.11 Å². The third-order valence-corrected chi connectivity index (χ3v) is 5.74. The maximum Gasteiger partial charge on any atom is 0.142 e. The van der Waals surface area contributed by atoms with Crippen LogP contribution >= 0.6 is 0 Å². The fraction of sp³-hybridized carbons (Fsp3) is 0.435. The van der Waals surface area contributed by atoms with Crippen LogP contribution in [0, 0.1) is 23.7 Å². The number of carbonyl (C=O) groups is 1. The van der Waals surface area contributed by atoms with E-state index in [0.29, 0.717) is 5.92 Å². The van der Waals surface area contributed by atoms with Crippen LogP contribution in [-0.2, 0) is 4.79 Å². The van der Waals surface area contributed by atoms with Crippen molar-refractivity contribution in [1.29, 1.82) is 0 Å². The first kappa shape index (κ1) is 17.9. The van der Waals surface area contributed by atoms with Crippen molar-refractivity contribution >= 4 is 5.78 Å². The Hall–Kier alpha value is -1.93. The predicted octanol–water partition coefficient (Wildman–Crippen LogP) is 5.27. The van der Waals surface area contributed by atoms with Crippen LogP contribution in [0.5, 0.6) is 0 Å². The fourth-order valence-corrected chi connectivity index (χ4v) is 4.13. The Morgan fingerprint density at radius 2 is 1.52 bits per heavy atom. The number of benzene rings is 2. The molecule has 0 aliphatic heterocycles. The van der Waals surface area contributed by atoms with Crippen LogP contribution in [0.4, 0.5) is 0 Å². The van der Waals surface area contributed by atoms with Gasteiger partial charge in [-0.05, 0) is 41.4 Å². The Kier molecular flexibility index (Phi) is 5.39. The van der Waals surface area contributed by atoms with Gasteiger partial charge in [0.05, 0.1) is 12.0 Å². The van der Waals surface area contributed by atoms with Gasteiger partial charge in [-0.15, -0.1) is 0 Å². The molecule has 1 aliphatic carbocycles. The summed E-state index contributed by atoms with van der Waals surface area (Å²) in [6.07, 6.45) is 1.25. The summed E-state index contributed by atoms with van der Waals surface area (Å²) in [6.45, 7) is 6.31. The molecule has 25 heavy (non-hydrogen) atoms. The molecule has 132 valence electrons. The van der Waals surface area contributed by atoms with E-state index in [9.17, 15) is 9.90 Å². The smallest absolute Gasteiger partial charge is 0.142 e. The Bertz CT molecular complexity index is 703. The van der Waals surface area contributed by atoms with Crippen LogP contribution in [-0.4, -0.2) is 10.9 Å². The van der Waals surface area contributed by atoms with Crippen molar-refractivity contribution in [3.63, 3.8) is 0 Å². The fourth-order valence-electron chi connectivity index (χ4n) is 4.13. The molecule has 2 heteroatoms. The molecule has 1 saturated carbocycles. The number of hydrogen-bond donors (Lipinski definition) is 1. The predicted molar refractivity (Wildman–Crippen MR) is 102 cm³/mol. The van der Waals surface area contributed by atoms with Crippen molar-refractivity contribution in [2.45, 2.75) is 39.7 Å². The highest BCUT2D eigenvalue weighted by Crippen LogP contribution is 2.41. The number of rotatable bonds is 4.